The van der Waals surface area contributed by atoms with Gasteiger partial charge in [-0.25, -0.2) is 9.66 Å². The number of para-hydroxylation sites is 1. The van der Waals surface area contributed by atoms with E-state index in [2.05, 4.69) is 16.3 Å². The molecule has 3 rings (SSSR count). The zero-order chi connectivity index (χ0) is 16.2. The van der Waals surface area contributed by atoms with E-state index in [1.165, 1.54) is 4.68 Å². The van der Waals surface area contributed by atoms with Gasteiger partial charge in [0.1, 0.15) is 5.82 Å². The second-order valence-corrected chi connectivity index (χ2v) is 5.45. The van der Waals surface area contributed by atoms with Crippen molar-refractivity contribution >= 4 is 28.2 Å². The molecule has 1 N–H and O–H groups in total. The highest BCUT2D eigenvalue weighted by Gasteiger charge is 2.11. The van der Waals surface area contributed by atoms with Gasteiger partial charge in [-0.1, -0.05) is 29.8 Å². The van der Waals surface area contributed by atoms with Gasteiger partial charge in [-0.15, -0.1) is 12.3 Å². The fraction of sp³-hybridized carbons (Fsp3) is 0.111. The molecule has 0 unspecified atom stereocenters. The lowest BCUT2D eigenvalue weighted by Gasteiger charge is -2.15. The molecule has 0 saturated heterocycles. The van der Waals surface area contributed by atoms with Crippen LogP contribution in [0.5, 0.6) is 0 Å². The number of halogens is 1. The maximum Gasteiger partial charge on any atom is 0.280 e. The van der Waals surface area contributed by atoms with Gasteiger partial charge in [0.05, 0.1) is 16.6 Å². The third-order valence-corrected chi connectivity index (χ3v) is 3.64. The minimum Gasteiger partial charge on any atom is -0.290 e. The Morgan fingerprint density at radius 1 is 1.22 bits per heavy atom. The number of terminal acetylenes is 1. The minimum atomic E-state index is -0.178. The van der Waals surface area contributed by atoms with E-state index in [4.69, 9.17) is 18.0 Å². The Bertz CT molecular complexity index is 942. The van der Waals surface area contributed by atoms with Crippen LogP contribution in [0.4, 0.5) is 5.69 Å². The highest BCUT2D eigenvalue weighted by Crippen LogP contribution is 2.16. The first-order valence-electron chi connectivity index (χ1n) is 7.16. The second kappa shape index (κ2) is 6.55. The molecule has 0 radical (unpaired) electrons. The third kappa shape index (κ3) is 3.20. The molecule has 1 aromatic heterocycles. The van der Waals surface area contributed by atoms with Gasteiger partial charge in [-0.3, -0.25) is 10.2 Å². The first-order chi connectivity index (χ1) is 11.2. The van der Waals surface area contributed by atoms with E-state index < -0.39 is 0 Å². The van der Waals surface area contributed by atoms with Crippen LogP contribution in [0.15, 0.2) is 53.3 Å². The molecule has 0 aliphatic rings. The van der Waals surface area contributed by atoms with Gasteiger partial charge in [-0.2, -0.15) is 0 Å². The number of benzene rings is 2. The monoisotopic (exact) mass is 323 g/mol. The summed E-state index contributed by atoms with van der Waals surface area (Å²) in [5.41, 5.74) is 4.29. The predicted molar refractivity (Wildman–Crippen MR) is 93.6 cm³/mol. The summed E-state index contributed by atoms with van der Waals surface area (Å²) in [6.07, 6.45) is 6.34. The largest absolute Gasteiger partial charge is 0.290 e. The maximum atomic E-state index is 12.8. The number of fused-ring (bicyclic) bond motifs is 1. The van der Waals surface area contributed by atoms with Crippen LogP contribution in [0.25, 0.3) is 10.9 Å². The number of nitrogens with zero attached hydrogens (tertiary/aromatic N) is 2. The Morgan fingerprint density at radius 3 is 2.74 bits per heavy atom. The molecular weight excluding hydrogens is 310 g/mol. The molecule has 4 nitrogen and oxygen atoms in total. The molecule has 0 fully saturated rings. The lowest BCUT2D eigenvalue weighted by atomic mass is 10.2. The lowest BCUT2D eigenvalue weighted by Crippen LogP contribution is -2.30. The van der Waals surface area contributed by atoms with Crippen LogP contribution >= 0.6 is 11.6 Å². The Balaban J connectivity index is 2.17. The molecule has 0 saturated carbocycles. The Labute approximate surface area is 138 Å². The van der Waals surface area contributed by atoms with Gasteiger partial charge in [0.25, 0.3) is 5.56 Å². The van der Waals surface area contributed by atoms with Gasteiger partial charge in [0, 0.05) is 17.9 Å². The van der Waals surface area contributed by atoms with E-state index in [0.717, 1.165) is 5.69 Å². The molecule has 5 heteroatoms. The summed E-state index contributed by atoms with van der Waals surface area (Å²) in [6.45, 7) is 0. The number of aromatic nitrogens is 2. The van der Waals surface area contributed by atoms with Gasteiger partial charge in [0.15, 0.2) is 0 Å². The van der Waals surface area contributed by atoms with Crippen LogP contribution in [-0.4, -0.2) is 9.66 Å². The summed E-state index contributed by atoms with van der Waals surface area (Å²) in [6, 6.07) is 14.5. The molecule has 1 heterocycles. The van der Waals surface area contributed by atoms with E-state index in [1.807, 2.05) is 30.3 Å². The van der Waals surface area contributed by atoms with Gasteiger partial charge in [-0.05, 0) is 30.3 Å². The molecule has 2 aromatic carbocycles. The number of hydrogen-bond donors (Lipinski definition) is 1. The van der Waals surface area contributed by atoms with E-state index in [1.54, 1.807) is 18.2 Å². The third-order valence-electron chi connectivity index (χ3n) is 3.41. The average Bonchev–Trinajstić information content (AvgIpc) is 2.56. The molecule has 114 valence electrons. The van der Waals surface area contributed by atoms with Crippen LogP contribution < -0.4 is 11.0 Å². The number of nitrogens with one attached hydrogen (secondary N) is 1. The minimum absolute atomic E-state index is 0.178. The fourth-order valence-corrected chi connectivity index (χ4v) is 2.48. The van der Waals surface area contributed by atoms with Gasteiger partial charge < -0.3 is 0 Å². The summed E-state index contributed by atoms with van der Waals surface area (Å²) in [5.74, 6) is 3.15. The predicted octanol–water partition coefficient (Wildman–Crippen LogP) is 3.49. The van der Waals surface area contributed by atoms with Crippen molar-refractivity contribution in [2.24, 2.45) is 0 Å². The van der Waals surface area contributed by atoms with Crippen molar-refractivity contribution in [2.75, 3.05) is 5.43 Å². The van der Waals surface area contributed by atoms with Crippen molar-refractivity contribution in [3.63, 3.8) is 0 Å². The molecule has 0 bridgehead atoms. The van der Waals surface area contributed by atoms with Crippen LogP contribution in [0.2, 0.25) is 5.02 Å². The molecule has 0 aliphatic carbocycles. The first-order valence-corrected chi connectivity index (χ1v) is 7.53. The van der Waals surface area contributed by atoms with E-state index in [9.17, 15) is 4.79 Å². The molecule has 0 spiro atoms. The number of hydrogen-bond acceptors (Lipinski definition) is 3. The molecule has 0 aliphatic heterocycles. The van der Waals surface area contributed by atoms with E-state index >= 15 is 0 Å². The average molecular weight is 324 g/mol. The van der Waals surface area contributed by atoms with Crippen LogP contribution in [0.3, 0.4) is 0 Å². The Morgan fingerprint density at radius 2 is 2.00 bits per heavy atom. The van der Waals surface area contributed by atoms with Crippen molar-refractivity contribution < 1.29 is 0 Å². The van der Waals surface area contributed by atoms with Gasteiger partial charge >= 0.3 is 0 Å². The van der Waals surface area contributed by atoms with Crippen molar-refractivity contribution in [2.45, 2.75) is 12.8 Å². The topological polar surface area (TPSA) is 46.9 Å². The molecule has 23 heavy (non-hydrogen) atoms. The summed E-state index contributed by atoms with van der Waals surface area (Å²) in [5, 5.41) is 1.04. The summed E-state index contributed by atoms with van der Waals surface area (Å²) in [4.78, 5) is 17.3. The summed E-state index contributed by atoms with van der Waals surface area (Å²) in [7, 11) is 0. The Hall–Kier alpha value is -2.77. The molecule has 0 amide bonds. The second-order valence-electron chi connectivity index (χ2n) is 5.01. The quantitative estimate of drug-likeness (QED) is 0.748. The van der Waals surface area contributed by atoms with Crippen molar-refractivity contribution in [1.82, 2.24) is 9.66 Å². The molecule has 3 aromatic rings. The fourth-order valence-electron chi connectivity index (χ4n) is 2.31. The lowest BCUT2D eigenvalue weighted by molar-refractivity contribution is 0.761. The Kier molecular flexibility index (Phi) is 4.31. The van der Waals surface area contributed by atoms with E-state index in [0.29, 0.717) is 34.6 Å². The standard InChI is InChI=1S/C18H14ClN3O/c1-2-3-9-17-20-16-12-13(19)10-11-15(16)18(23)22(17)21-14-7-5-4-6-8-14/h1,4-8,10-12,21H,3,9H2. The van der Waals surface area contributed by atoms with Crippen molar-refractivity contribution in [3.8, 4) is 12.3 Å². The first kappa shape index (κ1) is 15.1. The molecular formula is C18H14ClN3O. The number of rotatable bonds is 4. The number of aryl methyl sites for hydroxylation is 1. The summed E-state index contributed by atoms with van der Waals surface area (Å²) >= 11 is 6.00. The normalized spacial score (nSPS) is 10.4. The highest BCUT2D eigenvalue weighted by atomic mass is 35.5. The summed E-state index contributed by atoms with van der Waals surface area (Å²) < 4.78 is 1.45. The van der Waals surface area contributed by atoms with Crippen LogP contribution in [0.1, 0.15) is 12.2 Å². The van der Waals surface area contributed by atoms with Crippen molar-refractivity contribution in [1.29, 1.82) is 0 Å². The zero-order valence-corrected chi connectivity index (χ0v) is 13.0. The van der Waals surface area contributed by atoms with E-state index in [-0.39, 0.29) is 5.56 Å². The SMILES string of the molecule is C#CCCc1nc2cc(Cl)ccc2c(=O)n1Nc1ccccc1. The zero-order valence-electron chi connectivity index (χ0n) is 12.3. The molecule has 0 atom stereocenters. The van der Waals surface area contributed by atoms with Crippen LogP contribution in [0, 0.1) is 12.3 Å². The maximum absolute atomic E-state index is 12.8. The number of anilines is 1. The van der Waals surface area contributed by atoms with Crippen LogP contribution in [-0.2, 0) is 6.42 Å². The smallest absolute Gasteiger partial charge is 0.280 e. The highest BCUT2D eigenvalue weighted by molar-refractivity contribution is 6.31. The van der Waals surface area contributed by atoms with Crippen molar-refractivity contribution in [3.05, 3.63) is 69.7 Å². The van der Waals surface area contributed by atoms with Gasteiger partial charge in [0.2, 0.25) is 0 Å².